The van der Waals surface area contributed by atoms with Gasteiger partial charge < -0.3 is 9.72 Å². The number of hydrogen-bond donors (Lipinski definition) is 1. The molecule has 1 aliphatic rings. The number of benzene rings is 2. The van der Waals surface area contributed by atoms with E-state index in [4.69, 9.17) is 16.3 Å². The summed E-state index contributed by atoms with van der Waals surface area (Å²) in [5.41, 5.74) is 3.57. The number of para-hydroxylation sites is 2. The van der Waals surface area contributed by atoms with Crippen molar-refractivity contribution < 1.29 is 9.53 Å². The first-order valence-corrected chi connectivity index (χ1v) is 10.4. The molecule has 1 heterocycles. The van der Waals surface area contributed by atoms with Crippen molar-refractivity contribution in [3.63, 3.8) is 0 Å². The molecule has 3 aromatic rings. The Morgan fingerprint density at radius 3 is 2.97 bits per heavy atom. The molecule has 5 nitrogen and oxygen atoms in total. The van der Waals surface area contributed by atoms with E-state index in [1.54, 1.807) is 25.3 Å². The van der Waals surface area contributed by atoms with Crippen LogP contribution in [-0.4, -0.2) is 28.7 Å². The molecule has 0 saturated heterocycles. The lowest BCUT2D eigenvalue weighted by atomic mass is 9.84. The van der Waals surface area contributed by atoms with Crippen LogP contribution in [0, 0.1) is 5.92 Å². The highest BCUT2D eigenvalue weighted by atomic mass is 35.5. The molecule has 0 aliphatic heterocycles. The van der Waals surface area contributed by atoms with Gasteiger partial charge in [0.25, 0.3) is 5.91 Å². The maximum Gasteiger partial charge on any atom is 0.276 e. The summed E-state index contributed by atoms with van der Waals surface area (Å²) in [4.78, 5) is 25.0. The normalized spacial score (nSPS) is 18.3. The predicted octanol–water partition coefficient (Wildman–Crippen LogP) is 5.63. The van der Waals surface area contributed by atoms with E-state index < -0.39 is 0 Å². The largest absolute Gasteiger partial charge is 0.495 e. The fourth-order valence-corrected chi connectivity index (χ4v) is 4.21. The van der Waals surface area contributed by atoms with Gasteiger partial charge in [0.05, 0.1) is 23.2 Å². The first kappa shape index (κ1) is 19.6. The van der Waals surface area contributed by atoms with Crippen LogP contribution in [0.15, 0.2) is 47.5 Å². The van der Waals surface area contributed by atoms with Crippen molar-refractivity contribution in [1.29, 1.82) is 0 Å². The number of nitrogens with one attached hydrogen (secondary N) is 1. The number of aromatic nitrogens is 2. The quantitative estimate of drug-likeness (QED) is 0.593. The van der Waals surface area contributed by atoms with E-state index in [2.05, 4.69) is 15.0 Å². The third kappa shape index (κ3) is 4.67. The van der Waals surface area contributed by atoms with Crippen molar-refractivity contribution in [2.75, 3.05) is 7.11 Å². The lowest BCUT2D eigenvalue weighted by Crippen LogP contribution is -2.17. The van der Waals surface area contributed by atoms with Gasteiger partial charge in [0.1, 0.15) is 11.6 Å². The van der Waals surface area contributed by atoms with E-state index in [-0.39, 0.29) is 5.91 Å². The Bertz CT molecular complexity index is 1020. The summed E-state index contributed by atoms with van der Waals surface area (Å²) in [6, 6.07) is 13.1. The molecule has 29 heavy (non-hydrogen) atoms. The van der Waals surface area contributed by atoms with Crippen LogP contribution in [-0.2, 0) is 6.42 Å². The second kappa shape index (κ2) is 8.78. The smallest absolute Gasteiger partial charge is 0.276 e. The zero-order valence-corrected chi connectivity index (χ0v) is 17.2. The summed E-state index contributed by atoms with van der Waals surface area (Å²) in [6.45, 7) is 0. The highest BCUT2D eigenvalue weighted by molar-refractivity contribution is 6.32. The molecule has 2 aromatic carbocycles. The van der Waals surface area contributed by atoms with Crippen LogP contribution in [0.4, 0.5) is 0 Å². The number of nitrogens with zero attached hydrogens (tertiary/aromatic N) is 2. The van der Waals surface area contributed by atoms with Crippen LogP contribution in [0.3, 0.4) is 0 Å². The molecule has 0 bridgehead atoms. The van der Waals surface area contributed by atoms with E-state index in [9.17, 15) is 4.79 Å². The van der Waals surface area contributed by atoms with Gasteiger partial charge in [0.2, 0.25) is 0 Å². The minimum absolute atomic E-state index is 0.234. The van der Waals surface area contributed by atoms with Gasteiger partial charge in [0, 0.05) is 17.7 Å². The summed E-state index contributed by atoms with van der Waals surface area (Å²) in [6.07, 6.45) is 5.95. The number of carbonyl (C=O) groups excluding carboxylic acids is 1. The second-order valence-electron chi connectivity index (χ2n) is 7.53. The van der Waals surface area contributed by atoms with E-state index in [0.717, 1.165) is 54.7 Å². The van der Waals surface area contributed by atoms with Crippen molar-refractivity contribution in [3.05, 3.63) is 58.9 Å². The van der Waals surface area contributed by atoms with Crippen molar-refractivity contribution >= 4 is 34.3 Å². The number of carbonyl (C=O) groups is 1. The molecular weight excluding hydrogens is 386 g/mol. The van der Waals surface area contributed by atoms with Gasteiger partial charge in [-0.05, 0) is 68.4 Å². The highest BCUT2D eigenvalue weighted by Gasteiger charge is 2.20. The van der Waals surface area contributed by atoms with Crippen molar-refractivity contribution in [2.24, 2.45) is 10.9 Å². The Kier molecular flexibility index (Phi) is 5.95. The molecule has 1 aliphatic carbocycles. The molecule has 0 spiro atoms. The molecule has 1 amide bonds. The molecule has 4 rings (SSSR count). The Balaban J connectivity index is 1.38. The third-order valence-corrected chi connectivity index (χ3v) is 5.78. The predicted molar refractivity (Wildman–Crippen MR) is 116 cm³/mol. The average molecular weight is 410 g/mol. The summed E-state index contributed by atoms with van der Waals surface area (Å²) in [5.74, 6) is 1.88. The monoisotopic (exact) mass is 409 g/mol. The number of aliphatic imine (C=N–C) groups is 1. The molecule has 150 valence electrons. The van der Waals surface area contributed by atoms with Gasteiger partial charge in [-0.2, -0.15) is 0 Å². The lowest BCUT2D eigenvalue weighted by Gasteiger charge is -2.22. The van der Waals surface area contributed by atoms with Gasteiger partial charge in [-0.25, -0.2) is 9.98 Å². The molecule has 0 radical (unpaired) electrons. The summed E-state index contributed by atoms with van der Waals surface area (Å²) < 4.78 is 5.14. The molecule has 6 heteroatoms. The molecule has 1 unspecified atom stereocenters. The van der Waals surface area contributed by atoms with Crippen LogP contribution >= 0.6 is 11.6 Å². The van der Waals surface area contributed by atoms with Crippen molar-refractivity contribution in [2.45, 2.75) is 38.5 Å². The Morgan fingerprint density at radius 1 is 1.31 bits per heavy atom. The zero-order chi connectivity index (χ0) is 20.2. The van der Waals surface area contributed by atoms with Gasteiger partial charge >= 0.3 is 0 Å². The number of hydrogen-bond acceptors (Lipinski definition) is 3. The van der Waals surface area contributed by atoms with Crippen LogP contribution in [0.25, 0.3) is 11.0 Å². The number of halogens is 1. The minimum atomic E-state index is -0.234. The first-order chi connectivity index (χ1) is 14.1. The summed E-state index contributed by atoms with van der Waals surface area (Å²) in [7, 11) is 1.55. The molecule has 1 fully saturated rings. The van der Waals surface area contributed by atoms with E-state index in [1.165, 1.54) is 6.42 Å². The Morgan fingerprint density at radius 2 is 2.17 bits per heavy atom. The van der Waals surface area contributed by atoms with Crippen molar-refractivity contribution in [1.82, 2.24) is 9.97 Å². The summed E-state index contributed by atoms with van der Waals surface area (Å²) in [5, 5.41) is 0.422. The molecule has 1 atom stereocenters. The zero-order valence-electron chi connectivity index (χ0n) is 16.5. The van der Waals surface area contributed by atoms with E-state index in [0.29, 0.717) is 22.3 Å². The number of fused-ring (bicyclic) bond motifs is 1. The molecule has 1 N–H and O–H groups in total. The number of aryl methyl sites for hydroxylation is 1. The van der Waals surface area contributed by atoms with Gasteiger partial charge in [-0.3, -0.25) is 4.79 Å². The Hall–Kier alpha value is -2.66. The highest BCUT2D eigenvalue weighted by Crippen LogP contribution is 2.28. The SMILES string of the molecule is COc1ccc(C(=O)N=C2CCCC(CCc3nc4ccccc4[nH]3)C2)cc1Cl. The van der Waals surface area contributed by atoms with Crippen LogP contribution in [0.1, 0.15) is 48.3 Å². The number of methoxy groups -OCH3 is 1. The van der Waals surface area contributed by atoms with E-state index >= 15 is 0 Å². The third-order valence-electron chi connectivity index (χ3n) is 5.49. The van der Waals surface area contributed by atoms with Crippen LogP contribution in [0.5, 0.6) is 5.75 Å². The fourth-order valence-electron chi connectivity index (χ4n) is 3.95. The van der Waals surface area contributed by atoms with Gasteiger partial charge in [-0.1, -0.05) is 23.7 Å². The minimum Gasteiger partial charge on any atom is -0.495 e. The maximum atomic E-state index is 12.5. The number of amides is 1. The number of H-pyrrole nitrogens is 1. The number of ether oxygens (including phenoxy) is 1. The Labute approximate surface area is 175 Å². The second-order valence-corrected chi connectivity index (χ2v) is 7.94. The topological polar surface area (TPSA) is 67.3 Å². The van der Waals surface area contributed by atoms with Gasteiger partial charge in [-0.15, -0.1) is 0 Å². The molecular formula is C23H24ClN3O2. The van der Waals surface area contributed by atoms with Crippen LogP contribution in [0.2, 0.25) is 5.02 Å². The maximum absolute atomic E-state index is 12.5. The van der Waals surface area contributed by atoms with E-state index in [1.807, 2.05) is 24.3 Å². The van der Waals surface area contributed by atoms with Crippen LogP contribution < -0.4 is 4.74 Å². The number of rotatable bonds is 5. The summed E-state index contributed by atoms with van der Waals surface area (Å²) >= 11 is 6.13. The first-order valence-electron chi connectivity index (χ1n) is 10.0. The average Bonchev–Trinajstić information content (AvgIpc) is 3.15. The van der Waals surface area contributed by atoms with Crippen molar-refractivity contribution in [3.8, 4) is 5.75 Å². The number of imidazole rings is 1. The molecule has 1 saturated carbocycles. The number of aromatic amines is 1. The fraction of sp³-hybridized carbons (Fsp3) is 0.348. The lowest BCUT2D eigenvalue weighted by molar-refractivity contribution is 0.100. The molecule has 1 aromatic heterocycles. The standard InChI is InChI=1S/C23H24ClN3O2/c1-29-21-11-10-16(14-18(21)24)23(28)25-17-6-4-5-15(13-17)9-12-22-26-19-7-2-3-8-20(19)27-22/h2-3,7-8,10-11,14-15H,4-6,9,12-13H2,1H3,(H,26,27). The van der Waals surface area contributed by atoms with Gasteiger partial charge in [0.15, 0.2) is 0 Å².